The number of hydrogen-bond acceptors (Lipinski definition) is 7. The van der Waals surface area contributed by atoms with Crippen LogP contribution in [0.3, 0.4) is 0 Å². The second-order valence-corrected chi connectivity index (χ2v) is 6.70. The number of nitrogens with zero attached hydrogens (tertiary/aromatic N) is 2. The van der Waals surface area contributed by atoms with Crippen molar-refractivity contribution >= 4 is 52.1 Å². The highest BCUT2D eigenvalue weighted by Crippen LogP contribution is 2.36. The molecule has 124 valence electrons. The maximum atomic E-state index is 12.5. The zero-order valence-electron chi connectivity index (χ0n) is 12.5. The summed E-state index contributed by atoms with van der Waals surface area (Å²) in [5, 5.41) is 11.5. The van der Waals surface area contributed by atoms with E-state index in [9.17, 15) is 19.5 Å². The predicted octanol–water partition coefficient (Wildman–Crippen LogP) is 1.67. The van der Waals surface area contributed by atoms with Crippen LogP contribution in [-0.2, 0) is 14.4 Å². The first-order chi connectivity index (χ1) is 11.4. The number of rotatable bonds is 3. The SMILES string of the molecule is COc1ccc(/C=C2\SC(=S)N(N3C(=O)CCC3=O)C2=O)cc1O. The highest BCUT2D eigenvalue weighted by atomic mass is 32.2. The lowest BCUT2D eigenvalue weighted by atomic mass is 10.2. The van der Waals surface area contributed by atoms with Gasteiger partial charge in [-0.1, -0.05) is 17.8 Å². The number of ether oxygens (including phenoxy) is 1. The molecule has 2 aliphatic rings. The number of carbonyl (C=O) groups is 3. The van der Waals surface area contributed by atoms with Crippen LogP contribution in [-0.4, -0.2) is 44.3 Å². The molecular formula is C15H12N2O5S2. The van der Waals surface area contributed by atoms with Crippen LogP contribution in [0.2, 0.25) is 0 Å². The summed E-state index contributed by atoms with van der Waals surface area (Å²) in [5.41, 5.74) is 0.563. The molecule has 1 aromatic carbocycles. The first-order valence-corrected chi connectivity index (χ1v) is 8.15. The molecule has 0 saturated carbocycles. The second-order valence-electron chi connectivity index (χ2n) is 5.02. The minimum absolute atomic E-state index is 0.0633. The highest BCUT2D eigenvalue weighted by Gasteiger charge is 2.44. The maximum Gasteiger partial charge on any atom is 0.285 e. The lowest BCUT2D eigenvalue weighted by Crippen LogP contribution is -2.48. The number of hydrogen-bond donors (Lipinski definition) is 1. The van der Waals surface area contributed by atoms with Gasteiger partial charge < -0.3 is 9.84 Å². The molecule has 0 aliphatic carbocycles. The predicted molar refractivity (Wildman–Crippen MR) is 90.8 cm³/mol. The normalized spacial score (nSPS) is 19.8. The van der Waals surface area contributed by atoms with E-state index in [0.717, 1.165) is 21.8 Å². The Morgan fingerprint density at radius 2 is 1.88 bits per heavy atom. The van der Waals surface area contributed by atoms with Crippen molar-refractivity contribution in [3.8, 4) is 11.5 Å². The van der Waals surface area contributed by atoms with Gasteiger partial charge in [0.2, 0.25) is 11.8 Å². The molecule has 0 unspecified atom stereocenters. The molecule has 3 rings (SSSR count). The van der Waals surface area contributed by atoms with Gasteiger partial charge in [-0.25, -0.2) is 0 Å². The number of thiocarbonyl (C=S) groups is 1. The van der Waals surface area contributed by atoms with E-state index in [1.807, 2.05) is 0 Å². The molecule has 2 fully saturated rings. The van der Waals surface area contributed by atoms with Crippen molar-refractivity contribution in [2.45, 2.75) is 12.8 Å². The van der Waals surface area contributed by atoms with E-state index in [1.54, 1.807) is 12.1 Å². The summed E-state index contributed by atoms with van der Waals surface area (Å²) in [5.74, 6) is -1.18. The van der Waals surface area contributed by atoms with Crippen LogP contribution in [0.25, 0.3) is 6.08 Å². The summed E-state index contributed by atoms with van der Waals surface area (Å²) >= 11 is 6.12. The standard InChI is InChI=1S/C15H12N2O5S2/c1-22-10-3-2-8(6-9(10)18)7-11-14(21)17(15(23)24-11)16-12(19)4-5-13(16)20/h2-3,6-7,18H,4-5H2,1H3/b11-7-. The van der Waals surface area contributed by atoms with Gasteiger partial charge in [-0.2, -0.15) is 10.0 Å². The zero-order chi connectivity index (χ0) is 17.4. The zero-order valence-corrected chi connectivity index (χ0v) is 14.1. The van der Waals surface area contributed by atoms with E-state index in [1.165, 1.54) is 19.3 Å². The second kappa shape index (κ2) is 6.25. The average Bonchev–Trinajstić information content (AvgIpc) is 2.99. The number of hydrazine groups is 1. The molecular weight excluding hydrogens is 352 g/mol. The largest absolute Gasteiger partial charge is 0.504 e. The Balaban J connectivity index is 1.90. The molecule has 2 saturated heterocycles. The monoisotopic (exact) mass is 364 g/mol. The average molecular weight is 364 g/mol. The Bertz CT molecular complexity index is 789. The first kappa shape index (κ1) is 16.5. The minimum atomic E-state index is -0.538. The first-order valence-electron chi connectivity index (χ1n) is 6.93. The maximum absolute atomic E-state index is 12.5. The molecule has 0 atom stereocenters. The van der Waals surface area contributed by atoms with E-state index < -0.39 is 17.7 Å². The summed E-state index contributed by atoms with van der Waals surface area (Å²) in [6.45, 7) is 0. The van der Waals surface area contributed by atoms with Gasteiger partial charge in [-0.05, 0) is 36.0 Å². The van der Waals surface area contributed by atoms with Crippen LogP contribution in [0.5, 0.6) is 11.5 Å². The molecule has 2 aliphatic heterocycles. The molecule has 7 nitrogen and oxygen atoms in total. The fraction of sp³-hybridized carbons (Fsp3) is 0.200. The van der Waals surface area contributed by atoms with Crippen molar-refractivity contribution in [2.75, 3.05) is 7.11 Å². The van der Waals surface area contributed by atoms with Gasteiger partial charge >= 0.3 is 0 Å². The number of benzene rings is 1. The van der Waals surface area contributed by atoms with Crippen LogP contribution in [0.1, 0.15) is 18.4 Å². The Morgan fingerprint density at radius 3 is 2.46 bits per heavy atom. The van der Waals surface area contributed by atoms with Crippen molar-refractivity contribution in [2.24, 2.45) is 0 Å². The molecule has 1 aromatic rings. The summed E-state index contributed by atoms with van der Waals surface area (Å²) in [4.78, 5) is 36.4. The minimum Gasteiger partial charge on any atom is -0.504 e. The quantitative estimate of drug-likeness (QED) is 0.496. The number of methoxy groups -OCH3 is 1. The van der Waals surface area contributed by atoms with Gasteiger partial charge in [0, 0.05) is 12.8 Å². The molecule has 1 N–H and O–H groups in total. The molecule has 9 heteroatoms. The van der Waals surface area contributed by atoms with Gasteiger partial charge in [0.05, 0.1) is 12.0 Å². The van der Waals surface area contributed by atoms with Gasteiger partial charge in [-0.3, -0.25) is 14.4 Å². The summed E-state index contributed by atoms with van der Waals surface area (Å²) in [7, 11) is 1.43. The van der Waals surface area contributed by atoms with E-state index in [-0.39, 0.29) is 27.8 Å². The fourth-order valence-electron chi connectivity index (χ4n) is 2.37. The number of phenolic OH excluding ortho intramolecular Hbond substituents is 1. The topological polar surface area (TPSA) is 87.2 Å². The number of imide groups is 1. The van der Waals surface area contributed by atoms with Crippen LogP contribution < -0.4 is 4.74 Å². The smallest absolute Gasteiger partial charge is 0.285 e. The van der Waals surface area contributed by atoms with E-state index in [4.69, 9.17) is 17.0 Å². The highest BCUT2D eigenvalue weighted by molar-refractivity contribution is 8.26. The van der Waals surface area contributed by atoms with Crippen LogP contribution in [0, 0.1) is 0 Å². The van der Waals surface area contributed by atoms with Gasteiger partial charge in [0.25, 0.3) is 5.91 Å². The molecule has 0 aromatic heterocycles. The molecule has 3 amide bonds. The van der Waals surface area contributed by atoms with Crippen molar-refractivity contribution in [3.05, 3.63) is 28.7 Å². The van der Waals surface area contributed by atoms with Crippen LogP contribution >= 0.6 is 24.0 Å². The Labute approximate surface area is 146 Å². The van der Waals surface area contributed by atoms with Gasteiger partial charge in [0.15, 0.2) is 15.8 Å². The van der Waals surface area contributed by atoms with E-state index in [0.29, 0.717) is 11.3 Å². The summed E-state index contributed by atoms with van der Waals surface area (Å²) in [6.07, 6.45) is 1.67. The molecule has 2 heterocycles. The van der Waals surface area contributed by atoms with Gasteiger partial charge in [0.1, 0.15) is 0 Å². The Hall–Kier alpha value is -2.39. The lowest BCUT2D eigenvalue weighted by Gasteiger charge is -2.23. The lowest BCUT2D eigenvalue weighted by molar-refractivity contribution is -0.157. The van der Waals surface area contributed by atoms with Crippen LogP contribution in [0.4, 0.5) is 0 Å². The number of carbonyl (C=O) groups excluding carboxylic acids is 3. The van der Waals surface area contributed by atoms with Crippen molar-refractivity contribution in [1.29, 1.82) is 0 Å². The third-order valence-corrected chi connectivity index (χ3v) is 4.78. The summed E-state index contributed by atoms with van der Waals surface area (Å²) in [6, 6.07) is 4.67. The number of amides is 3. The fourth-order valence-corrected chi connectivity index (χ4v) is 3.61. The third-order valence-electron chi connectivity index (χ3n) is 3.50. The van der Waals surface area contributed by atoms with Crippen molar-refractivity contribution in [3.63, 3.8) is 0 Å². The number of thioether (sulfide) groups is 1. The third kappa shape index (κ3) is 2.76. The van der Waals surface area contributed by atoms with Crippen molar-refractivity contribution < 1.29 is 24.2 Å². The molecule has 0 bridgehead atoms. The summed E-state index contributed by atoms with van der Waals surface area (Å²) < 4.78 is 5.08. The van der Waals surface area contributed by atoms with Gasteiger partial charge in [-0.15, -0.1) is 0 Å². The van der Waals surface area contributed by atoms with Crippen molar-refractivity contribution in [1.82, 2.24) is 10.0 Å². The molecule has 24 heavy (non-hydrogen) atoms. The Morgan fingerprint density at radius 1 is 1.21 bits per heavy atom. The number of phenols is 1. The van der Waals surface area contributed by atoms with E-state index in [2.05, 4.69) is 0 Å². The number of aromatic hydroxyl groups is 1. The Kier molecular flexibility index (Phi) is 4.29. The molecule has 0 radical (unpaired) electrons. The van der Waals surface area contributed by atoms with E-state index >= 15 is 0 Å². The van der Waals surface area contributed by atoms with Crippen LogP contribution in [0.15, 0.2) is 23.1 Å². The molecule has 0 spiro atoms.